The van der Waals surface area contributed by atoms with Crippen LogP contribution in [-0.4, -0.2) is 68.5 Å². The van der Waals surface area contributed by atoms with E-state index in [-0.39, 0.29) is 36.3 Å². The molecule has 3 aliphatic rings. The highest BCUT2D eigenvalue weighted by Crippen LogP contribution is 2.53. The third-order valence-electron chi connectivity index (χ3n) is 7.63. The summed E-state index contributed by atoms with van der Waals surface area (Å²) in [5.74, 6) is -6.52. The number of phenols is 1. The zero-order chi connectivity index (χ0) is 26.0. The summed E-state index contributed by atoms with van der Waals surface area (Å²) in [4.78, 5) is 40.4. The van der Waals surface area contributed by atoms with Crippen molar-refractivity contribution in [3.8, 4) is 5.75 Å². The van der Waals surface area contributed by atoms with E-state index in [9.17, 15) is 34.8 Å². The molecule has 1 aromatic carbocycles. The number of rotatable bonds is 5. The Morgan fingerprint density at radius 1 is 1.20 bits per heavy atom. The first-order valence-electron chi connectivity index (χ1n) is 11.6. The number of carbonyl (C=O) groups excluding carboxylic acids is 3. The number of phenolic OH excluding ortho intramolecular Hbond substituents is 1. The lowest BCUT2D eigenvalue weighted by Crippen LogP contribution is -2.65. The summed E-state index contributed by atoms with van der Waals surface area (Å²) in [6, 6.07) is 0.693. The van der Waals surface area contributed by atoms with Gasteiger partial charge in [-0.05, 0) is 56.0 Å². The van der Waals surface area contributed by atoms with E-state index in [1.807, 2.05) is 6.92 Å². The molecule has 0 saturated heterocycles. The molecule has 188 valence electrons. The molecule has 0 radical (unpaired) electrons. The maximum Gasteiger partial charge on any atom is 0.255 e. The number of amides is 1. The van der Waals surface area contributed by atoms with E-state index in [1.165, 1.54) is 4.90 Å². The van der Waals surface area contributed by atoms with Crippen molar-refractivity contribution in [1.29, 1.82) is 0 Å². The van der Waals surface area contributed by atoms with Gasteiger partial charge in [0.1, 0.15) is 22.8 Å². The molecule has 1 saturated carbocycles. The van der Waals surface area contributed by atoms with Crippen molar-refractivity contribution in [2.24, 2.45) is 23.3 Å². The number of hydrogen-bond donors (Lipinski definition) is 6. The topological polar surface area (TPSA) is 187 Å². The average Bonchev–Trinajstić information content (AvgIpc) is 2.77. The van der Waals surface area contributed by atoms with E-state index in [0.717, 1.165) is 12.0 Å². The van der Waals surface area contributed by atoms with Crippen LogP contribution >= 0.6 is 0 Å². The molecule has 0 aromatic heterocycles. The number of benzene rings is 1. The van der Waals surface area contributed by atoms with Crippen molar-refractivity contribution in [1.82, 2.24) is 4.90 Å². The number of hydrogen-bond acceptors (Lipinski definition) is 9. The third-order valence-corrected chi connectivity index (χ3v) is 7.63. The summed E-state index contributed by atoms with van der Waals surface area (Å²) < 4.78 is 0. The van der Waals surface area contributed by atoms with Crippen molar-refractivity contribution in [3.63, 3.8) is 0 Å². The average molecular weight is 486 g/mol. The Bertz CT molecular complexity index is 1220. The van der Waals surface area contributed by atoms with Crippen LogP contribution in [0.15, 0.2) is 23.0 Å². The normalized spacial score (nSPS) is 28.2. The standard InChI is InChI=1S/C25H31N3O7/c1-4-5-10-6-12(9-26)13-7-11-8-14-18(28(2)3)21(31)17(24(27)34)23(33)25(14,35)22(32)15(11)20(30)16(13)19(10)29/h6,11,14,18,29-30,33,35H,4-5,7-9,26H2,1-3H3,(H2,27,34). The number of aryl methyl sites for hydroxylation is 1. The van der Waals surface area contributed by atoms with Gasteiger partial charge in [-0.2, -0.15) is 0 Å². The number of Topliss-reactive ketones (excluding diaryl/α,β-unsaturated/α-hetero) is 2. The molecule has 0 spiro atoms. The molecule has 1 amide bonds. The van der Waals surface area contributed by atoms with Gasteiger partial charge in [0, 0.05) is 18.0 Å². The molecule has 0 aliphatic heterocycles. The smallest absolute Gasteiger partial charge is 0.255 e. The summed E-state index contributed by atoms with van der Waals surface area (Å²) in [7, 11) is 3.13. The van der Waals surface area contributed by atoms with Crippen LogP contribution in [0.5, 0.6) is 5.75 Å². The highest BCUT2D eigenvalue weighted by molar-refractivity contribution is 6.24. The van der Waals surface area contributed by atoms with Crippen LogP contribution in [0.25, 0.3) is 5.76 Å². The fraction of sp³-hybridized carbons (Fsp3) is 0.480. The number of likely N-dealkylation sites (N-methyl/N-ethyl adjacent to an activating group) is 1. The van der Waals surface area contributed by atoms with Gasteiger partial charge in [-0.25, -0.2) is 0 Å². The highest BCUT2D eigenvalue weighted by atomic mass is 16.3. The number of carbonyl (C=O) groups is 3. The minimum absolute atomic E-state index is 0.0489. The molecule has 0 bridgehead atoms. The minimum Gasteiger partial charge on any atom is -0.508 e. The molecule has 4 unspecified atom stereocenters. The molecule has 35 heavy (non-hydrogen) atoms. The Morgan fingerprint density at radius 3 is 2.40 bits per heavy atom. The molecule has 4 atom stereocenters. The zero-order valence-corrected chi connectivity index (χ0v) is 20.0. The first kappa shape index (κ1) is 24.9. The van der Waals surface area contributed by atoms with E-state index >= 15 is 0 Å². The lowest BCUT2D eigenvalue weighted by atomic mass is 9.57. The van der Waals surface area contributed by atoms with E-state index in [0.29, 0.717) is 17.5 Å². The van der Waals surface area contributed by atoms with Gasteiger partial charge in [0.05, 0.1) is 11.6 Å². The number of fused-ring (bicyclic) bond motifs is 3. The molecule has 8 N–H and O–H groups in total. The summed E-state index contributed by atoms with van der Waals surface area (Å²) in [6.45, 7) is 2.09. The Morgan fingerprint density at radius 2 is 1.86 bits per heavy atom. The third kappa shape index (κ3) is 3.31. The van der Waals surface area contributed by atoms with Gasteiger partial charge >= 0.3 is 0 Å². The number of aliphatic hydroxyl groups is 3. The number of nitrogens with two attached hydrogens (primary N) is 2. The van der Waals surface area contributed by atoms with E-state index < -0.39 is 58.0 Å². The first-order chi connectivity index (χ1) is 16.4. The zero-order valence-electron chi connectivity index (χ0n) is 20.0. The Balaban J connectivity index is 1.99. The first-order valence-corrected chi connectivity index (χ1v) is 11.6. The number of nitrogens with zero attached hydrogens (tertiary/aromatic N) is 1. The Hall–Kier alpha value is -3.21. The van der Waals surface area contributed by atoms with Crippen molar-refractivity contribution >= 4 is 23.2 Å². The molecule has 1 fully saturated rings. The largest absolute Gasteiger partial charge is 0.508 e. The highest BCUT2D eigenvalue weighted by Gasteiger charge is 2.64. The van der Waals surface area contributed by atoms with Crippen molar-refractivity contribution in [3.05, 3.63) is 45.2 Å². The van der Waals surface area contributed by atoms with Crippen LogP contribution in [0.2, 0.25) is 0 Å². The molecular formula is C25H31N3O7. The van der Waals surface area contributed by atoms with E-state index in [4.69, 9.17) is 11.5 Å². The van der Waals surface area contributed by atoms with Crippen LogP contribution < -0.4 is 11.5 Å². The molecule has 4 rings (SSSR count). The predicted molar refractivity (Wildman–Crippen MR) is 126 cm³/mol. The summed E-state index contributed by atoms with van der Waals surface area (Å²) in [5.41, 5.74) is 9.67. The van der Waals surface area contributed by atoms with Crippen LogP contribution in [0.1, 0.15) is 42.0 Å². The molecule has 10 heteroatoms. The van der Waals surface area contributed by atoms with Crippen molar-refractivity contribution in [2.45, 2.75) is 50.8 Å². The molecular weight excluding hydrogens is 454 g/mol. The van der Waals surface area contributed by atoms with Gasteiger partial charge in [-0.15, -0.1) is 0 Å². The maximum absolute atomic E-state index is 13.8. The monoisotopic (exact) mass is 485 g/mol. The summed E-state index contributed by atoms with van der Waals surface area (Å²) in [6.07, 6.45) is 1.54. The fourth-order valence-electron chi connectivity index (χ4n) is 6.09. The maximum atomic E-state index is 13.8. The number of primary amides is 1. The number of aliphatic hydroxyl groups excluding tert-OH is 2. The lowest BCUT2D eigenvalue weighted by molar-refractivity contribution is -0.153. The van der Waals surface area contributed by atoms with Crippen LogP contribution in [0.3, 0.4) is 0 Å². The van der Waals surface area contributed by atoms with Crippen molar-refractivity contribution in [2.75, 3.05) is 14.1 Å². The second-order valence-corrected chi connectivity index (χ2v) is 9.81. The minimum atomic E-state index is -2.64. The van der Waals surface area contributed by atoms with Crippen molar-refractivity contribution < 1.29 is 34.8 Å². The van der Waals surface area contributed by atoms with Gasteiger partial charge in [0.25, 0.3) is 5.91 Å². The van der Waals surface area contributed by atoms with Crippen LogP contribution in [0.4, 0.5) is 0 Å². The fourth-order valence-corrected chi connectivity index (χ4v) is 6.09. The summed E-state index contributed by atoms with van der Waals surface area (Å²) in [5, 5.41) is 44.7. The van der Waals surface area contributed by atoms with Gasteiger partial charge < -0.3 is 31.9 Å². The van der Waals surface area contributed by atoms with Gasteiger partial charge in [0.2, 0.25) is 5.78 Å². The predicted octanol–water partition coefficient (Wildman–Crippen LogP) is 0.375. The SMILES string of the molecule is CCCc1cc(CN)c2c(c1O)C(O)=C1C(=O)C3(O)C(O)=C(C(N)=O)C(=O)C(N(C)C)C3CC1C2. The second kappa shape index (κ2) is 8.47. The number of aromatic hydroxyl groups is 1. The molecule has 10 nitrogen and oxygen atoms in total. The van der Waals surface area contributed by atoms with Gasteiger partial charge in [0.15, 0.2) is 11.4 Å². The lowest BCUT2D eigenvalue weighted by Gasteiger charge is -2.50. The quantitative estimate of drug-likeness (QED) is 0.320. The Labute approximate surface area is 202 Å². The number of ketones is 2. The van der Waals surface area contributed by atoms with Gasteiger partial charge in [-0.3, -0.25) is 19.3 Å². The van der Waals surface area contributed by atoms with Crippen LogP contribution in [0, 0.1) is 11.8 Å². The molecule has 3 aliphatic carbocycles. The van der Waals surface area contributed by atoms with Crippen LogP contribution in [-0.2, 0) is 33.8 Å². The van der Waals surface area contributed by atoms with Gasteiger partial charge in [-0.1, -0.05) is 19.4 Å². The van der Waals surface area contributed by atoms with E-state index in [2.05, 4.69) is 0 Å². The molecule has 1 aromatic rings. The van der Waals surface area contributed by atoms with E-state index in [1.54, 1.807) is 20.2 Å². The molecule has 0 heterocycles. The Kier molecular flexibility index (Phi) is 6.03. The summed E-state index contributed by atoms with van der Waals surface area (Å²) >= 11 is 0. The second-order valence-electron chi connectivity index (χ2n) is 9.81.